The van der Waals surface area contributed by atoms with Gasteiger partial charge in [0, 0.05) is 18.0 Å². The van der Waals surface area contributed by atoms with Crippen LogP contribution in [0.15, 0.2) is 18.2 Å². The highest BCUT2D eigenvalue weighted by atomic mass is 35.5. The summed E-state index contributed by atoms with van der Waals surface area (Å²) in [5.74, 6) is -1.21. The van der Waals surface area contributed by atoms with Crippen LogP contribution in [-0.2, 0) is 14.3 Å². The summed E-state index contributed by atoms with van der Waals surface area (Å²) in [6, 6.07) is 3.69. The van der Waals surface area contributed by atoms with Crippen molar-refractivity contribution in [2.75, 3.05) is 30.8 Å². The normalized spacial score (nSPS) is 14.1. The Hall–Kier alpha value is -1.80. The predicted octanol–water partition coefficient (Wildman–Crippen LogP) is 2.13. The molecular weight excluding hydrogens is 335 g/mol. The Morgan fingerprint density at radius 3 is 2.86 bits per heavy atom. The Balaban J connectivity index is 1.76. The molecule has 6 nitrogen and oxygen atoms in total. The van der Waals surface area contributed by atoms with Gasteiger partial charge < -0.3 is 15.0 Å². The fourth-order valence-corrected chi connectivity index (χ4v) is 2.69. The smallest absolute Gasteiger partial charge is 0.326 e. The number of rotatable bonds is 5. The minimum Gasteiger partial charge on any atom is -0.454 e. The van der Waals surface area contributed by atoms with Crippen LogP contribution in [-0.4, -0.2) is 47.5 Å². The van der Waals surface area contributed by atoms with Gasteiger partial charge in [-0.25, -0.2) is 4.39 Å². The molecule has 1 aliphatic rings. The van der Waals surface area contributed by atoms with Crippen LogP contribution in [0.5, 0.6) is 0 Å². The lowest BCUT2D eigenvalue weighted by molar-refractivity contribution is -0.147. The first-order valence-corrected chi connectivity index (χ1v) is 7.64. The Bertz CT molecular complexity index is 614. The van der Waals surface area contributed by atoms with Crippen LogP contribution in [0, 0.1) is 5.82 Å². The molecule has 1 heterocycles. The van der Waals surface area contributed by atoms with Crippen molar-refractivity contribution in [3.05, 3.63) is 29.0 Å². The molecule has 1 aromatic rings. The maximum atomic E-state index is 13.0. The number of amides is 2. The van der Waals surface area contributed by atoms with Crippen LogP contribution in [0.25, 0.3) is 0 Å². The van der Waals surface area contributed by atoms with E-state index in [1.807, 2.05) is 0 Å². The lowest BCUT2D eigenvalue weighted by atomic mass is 10.3. The van der Waals surface area contributed by atoms with Crippen LogP contribution < -0.4 is 5.32 Å². The average Bonchev–Trinajstić information content (AvgIpc) is 2.86. The predicted molar refractivity (Wildman–Crippen MR) is 80.4 cm³/mol. The number of anilines is 1. The fraction of sp³-hybridized carbons (Fsp3) is 0.308. The lowest BCUT2D eigenvalue weighted by Crippen LogP contribution is -2.32. The molecular formula is C13H12ClFN2O4S. The number of carbonyl (C=O) groups excluding carboxylic acids is 3. The zero-order valence-corrected chi connectivity index (χ0v) is 12.9. The second-order valence-corrected chi connectivity index (χ2v) is 5.83. The fourth-order valence-electron chi connectivity index (χ4n) is 1.69. The monoisotopic (exact) mass is 346 g/mol. The van der Waals surface area contributed by atoms with Gasteiger partial charge in [0.1, 0.15) is 12.4 Å². The van der Waals surface area contributed by atoms with E-state index >= 15 is 0 Å². The van der Waals surface area contributed by atoms with E-state index in [-0.39, 0.29) is 16.8 Å². The van der Waals surface area contributed by atoms with Crippen LogP contribution in [0.2, 0.25) is 5.02 Å². The first-order valence-electron chi connectivity index (χ1n) is 6.28. The van der Waals surface area contributed by atoms with E-state index in [0.29, 0.717) is 18.0 Å². The molecule has 1 fully saturated rings. The van der Waals surface area contributed by atoms with Gasteiger partial charge in [0.05, 0.1) is 5.02 Å². The summed E-state index contributed by atoms with van der Waals surface area (Å²) in [5, 5.41) is 2.11. The molecule has 0 aliphatic carbocycles. The van der Waals surface area contributed by atoms with Crippen molar-refractivity contribution in [1.29, 1.82) is 0 Å². The third kappa shape index (κ3) is 4.60. The largest absolute Gasteiger partial charge is 0.454 e. The van der Waals surface area contributed by atoms with Gasteiger partial charge in [-0.3, -0.25) is 14.4 Å². The number of carbonyl (C=O) groups is 3. The first kappa shape index (κ1) is 16.6. The number of hydrogen-bond donors (Lipinski definition) is 1. The summed E-state index contributed by atoms with van der Waals surface area (Å²) in [4.78, 5) is 35.8. The SMILES string of the molecule is O=C(COC(=O)CN1CCSC1=O)Nc1ccc(F)c(Cl)c1. The van der Waals surface area contributed by atoms with E-state index in [0.717, 1.165) is 17.8 Å². The Kier molecular flexibility index (Phi) is 5.62. The van der Waals surface area contributed by atoms with Gasteiger partial charge in [0.15, 0.2) is 6.61 Å². The van der Waals surface area contributed by atoms with Crippen molar-refractivity contribution in [2.45, 2.75) is 0 Å². The number of halogens is 2. The molecule has 0 atom stereocenters. The molecule has 0 bridgehead atoms. The summed E-state index contributed by atoms with van der Waals surface area (Å²) < 4.78 is 17.7. The highest BCUT2D eigenvalue weighted by molar-refractivity contribution is 8.13. The van der Waals surface area contributed by atoms with Crippen LogP contribution in [0.3, 0.4) is 0 Å². The van der Waals surface area contributed by atoms with Crippen molar-refractivity contribution < 1.29 is 23.5 Å². The summed E-state index contributed by atoms with van der Waals surface area (Å²) in [7, 11) is 0. The number of thioether (sulfide) groups is 1. The molecule has 0 saturated carbocycles. The molecule has 0 aromatic heterocycles. The lowest BCUT2D eigenvalue weighted by Gasteiger charge is -2.13. The molecule has 1 aromatic carbocycles. The van der Waals surface area contributed by atoms with E-state index in [4.69, 9.17) is 16.3 Å². The molecule has 22 heavy (non-hydrogen) atoms. The molecule has 9 heteroatoms. The number of nitrogens with zero attached hydrogens (tertiary/aromatic N) is 1. The highest BCUT2D eigenvalue weighted by Crippen LogP contribution is 2.19. The minimum atomic E-state index is -0.664. The standard InChI is InChI=1S/C13H12ClFN2O4S/c14-9-5-8(1-2-10(9)15)16-11(18)7-21-12(19)6-17-3-4-22-13(17)20/h1-2,5H,3-4,6-7H2,(H,16,18). The number of esters is 1. The van der Waals surface area contributed by atoms with Crippen molar-refractivity contribution in [2.24, 2.45) is 0 Å². The number of ether oxygens (including phenoxy) is 1. The topological polar surface area (TPSA) is 75.7 Å². The Morgan fingerprint density at radius 2 is 2.23 bits per heavy atom. The van der Waals surface area contributed by atoms with E-state index in [1.54, 1.807) is 0 Å². The highest BCUT2D eigenvalue weighted by Gasteiger charge is 2.24. The minimum absolute atomic E-state index is 0.125. The van der Waals surface area contributed by atoms with Crippen LogP contribution >= 0.6 is 23.4 Å². The number of benzene rings is 1. The summed E-state index contributed by atoms with van der Waals surface area (Å²) in [6.45, 7) is -0.191. The molecule has 0 radical (unpaired) electrons. The van der Waals surface area contributed by atoms with Crippen molar-refractivity contribution in [3.63, 3.8) is 0 Å². The van der Waals surface area contributed by atoms with Crippen LogP contribution in [0.1, 0.15) is 0 Å². The second-order valence-electron chi connectivity index (χ2n) is 4.37. The summed E-state index contributed by atoms with van der Waals surface area (Å²) >= 11 is 6.72. The van der Waals surface area contributed by atoms with E-state index in [9.17, 15) is 18.8 Å². The summed E-state index contributed by atoms with van der Waals surface area (Å²) in [5.41, 5.74) is 0.290. The zero-order chi connectivity index (χ0) is 16.1. The van der Waals surface area contributed by atoms with E-state index < -0.39 is 24.3 Å². The van der Waals surface area contributed by atoms with E-state index in [1.165, 1.54) is 17.0 Å². The number of nitrogens with one attached hydrogen (secondary N) is 1. The molecule has 1 aliphatic heterocycles. The van der Waals surface area contributed by atoms with E-state index in [2.05, 4.69) is 5.32 Å². The molecule has 1 saturated heterocycles. The van der Waals surface area contributed by atoms with Gasteiger partial charge in [-0.1, -0.05) is 23.4 Å². The quantitative estimate of drug-likeness (QED) is 0.827. The molecule has 0 unspecified atom stereocenters. The maximum absolute atomic E-state index is 13.0. The molecule has 2 amide bonds. The Morgan fingerprint density at radius 1 is 1.45 bits per heavy atom. The average molecular weight is 347 g/mol. The van der Waals surface area contributed by atoms with Gasteiger partial charge in [0.25, 0.3) is 11.1 Å². The van der Waals surface area contributed by atoms with Crippen LogP contribution in [0.4, 0.5) is 14.9 Å². The third-order valence-corrected chi connectivity index (χ3v) is 3.91. The molecule has 2 rings (SSSR count). The van der Waals surface area contributed by atoms with Gasteiger partial charge in [0.2, 0.25) is 0 Å². The van der Waals surface area contributed by atoms with Gasteiger partial charge >= 0.3 is 5.97 Å². The zero-order valence-electron chi connectivity index (χ0n) is 11.3. The Labute approximate surface area is 134 Å². The number of hydrogen-bond acceptors (Lipinski definition) is 5. The second kappa shape index (κ2) is 7.46. The molecule has 118 valence electrons. The van der Waals surface area contributed by atoms with Gasteiger partial charge in [-0.2, -0.15) is 0 Å². The third-order valence-electron chi connectivity index (χ3n) is 2.73. The molecule has 1 N–H and O–H groups in total. The maximum Gasteiger partial charge on any atom is 0.326 e. The first-order chi connectivity index (χ1) is 10.5. The van der Waals surface area contributed by atoms with Crippen molar-refractivity contribution in [3.8, 4) is 0 Å². The molecule has 0 spiro atoms. The van der Waals surface area contributed by atoms with Gasteiger partial charge in [-0.05, 0) is 18.2 Å². The van der Waals surface area contributed by atoms with Gasteiger partial charge in [-0.15, -0.1) is 0 Å². The summed E-state index contributed by atoms with van der Waals surface area (Å²) in [6.07, 6.45) is 0. The van der Waals surface area contributed by atoms with Crippen molar-refractivity contribution >= 4 is 46.2 Å². The van der Waals surface area contributed by atoms with Crippen molar-refractivity contribution in [1.82, 2.24) is 4.90 Å².